The number of aryl methyl sites for hydroxylation is 1. The Morgan fingerprint density at radius 3 is 2.54 bits per heavy atom. The van der Waals surface area contributed by atoms with Crippen LogP contribution in [0.5, 0.6) is 5.75 Å². The van der Waals surface area contributed by atoms with Gasteiger partial charge in [-0.3, -0.25) is 9.59 Å². The number of alkyl halides is 2. The fourth-order valence-corrected chi connectivity index (χ4v) is 5.52. The van der Waals surface area contributed by atoms with Crippen LogP contribution in [-0.2, 0) is 6.54 Å². The summed E-state index contributed by atoms with van der Waals surface area (Å²) in [6.07, 6.45) is 1.47. The molecule has 3 heterocycles. The van der Waals surface area contributed by atoms with Gasteiger partial charge in [-0.2, -0.15) is 8.78 Å². The first-order valence-electron chi connectivity index (χ1n) is 12.5. The highest BCUT2D eigenvalue weighted by molar-refractivity contribution is 7.09. The third kappa shape index (κ3) is 6.14. The highest BCUT2D eigenvalue weighted by atomic mass is 32.1. The molecule has 2 aromatic carbocycles. The fraction of sp³-hybridized carbons (Fsp3) is 0.286. The Kier molecular flexibility index (Phi) is 7.97. The minimum Gasteiger partial charge on any atom is -0.435 e. The number of carbonyl (C=O) groups excluding carboxylic acids is 2. The van der Waals surface area contributed by atoms with Gasteiger partial charge in [0.1, 0.15) is 28.5 Å². The molecule has 5 rings (SSSR count). The minimum absolute atomic E-state index is 0.0603. The van der Waals surface area contributed by atoms with Gasteiger partial charge in [0.15, 0.2) is 0 Å². The summed E-state index contributed by atoms with van der Waals surface area (Å²) in [6.45, 7) is 0.226. The van der Waals surface area contributed by atoms with E-state index in [2.05, 4.69) is 20.2 Å². The molecule has 1 aliphatic rings. The zero-order chi connectivity index (χ0) is 27.4. The first-order chi connectivity index (χ1) is 18.9. The molecule has 4 aromatic rings. The van der Waals surface area contributed by atoms with Gasteiger partial charge in [0.05, 0.1) is 5.01 Å². The molecular formula is C28H26F2N4O4S. The topological polar surface area (TPSA) is 97.6 Å². The first-order valence-corrected chi connectivity index (χ1v) is 13.4. The van der Waals surface area contributed by atoms with Crippen molar-refractivity contribution < 1.29 is 27.6 Å². The molecule has 2 aromatic heterocycles. The number of likely N-dealkylation sites (tertiary alicyclic amines) is 1. The van der Waals surface area contributed by atoms with Crippen molar-refractivity contribution in [3.8, 4) is 17.0 Å². The van der Waals surface area contributed by atoms with Crippen molar-refractivity contribution in [3.05, 3.63) is 87.6 Å². The summed E-state index contributed by atoms with van der Waals surface area (Å²) in [4.78, 5) is 32.4. The number of piperidine rings is 1. The van der Waals surface area contributed by atoms with Crippen molar-refractivity contribution >= 4 is 23.2 Å². The number of nitrogens with one attached hydrogen (secondary N) is 1. The first kappa shape index (κ1) is 26.5. The maximum Gasteiger partial charge on any atom is 0.387 e. The molecule has 0 atom stereocenters. The molecule has 1 N–H and O–H groups in total. The second-order valence-corrected chi connectivity index (χ2v) is 10.1. The number of carbonyl (C=O) groups is 2. The van der Waals surface area contributed by atoms with E-state index in [4.69, 9.17) is 4.52 Å². The van der Waals surface area contributed by atoms with Crippen molar-refractivity contribution in [2.45, 2.75) is 38.8 Å². The van der Waals surface area contributed by atoms with Crippen LogP contribution >= 0.6 is 11.3 Å². The van der Waals surface area contributed by atoms with Crippen LogP contribution in [-0.4, -0.2) is 46.6 Å². The zero-order valence-corrected chi connectivity index (χ0v) is 21.9. The number of ether oxygens (including phenoxy) is 1. The second-order valence-electron chi connectivity index (χ2n) is 9.17. The average molecular weight is 553 g/mol. The molecule has 0 radical (unpaired) electrons. The number of amides is 2. The second kappa shape index (κ2) is 11.7. The van der Waals surface area contributed by atoms with Crippen LogP contribution < -0.4 is 10.1 Å². The van der Waals surface area contributed by atoms with Gasteiger partial charge in [0.2, 0.25) is 0 Å². The molecule has 39 heavy (non-hydrogen) atoms. The van der Waals surface area contributed by atoms with E-state index in [0.717, 1.165) is 29.0 Å². The lowest BCUT2D eigenvalue weighted by molar-refractivity contribution is -0.0498. The number of benzene rings is 2. The van der Waals surface area contributed by atoms with E-state index in [0.29, 0.717) is 35.8 Å². The number of thiazole rings is 1. The maximum atomic E-state index is 13.4. The number of hydrogen-bond donors (Lipinski definition) is 1. The van der Waals surface area contributed by atoms with Crippen LogP contribution in [0.3, 0.4) is 0 Å². The molecule has 2 amide bonds. The predicted octanol–water partition coefficient (Wildman–Crippen LogP) is 5.66. The van der Waals surface area contributed by atoms with Crippen LogP contribution in [0.15, 0.2) is 64.5 Å². The molecular weight excluding hydrogens is 526 g/mol. The highest BCUT2D eigenvalue weighted by Crippen LogP contribution is 2.33. The van der Waals surface area contributed by atoms with Crippen LogP contribution in [0.25, 0.3) is 11.3 Å². The lowest BCUT2D eigenvalue weighted by atomic mass is 9.96. The molecule has 8 nitrogen and oxygen atoms in total. The molecule has 11 heteroatoms. The van der Waals surface area contributed by atoms with Gasteiger partial charge < -0.3 is 19.5 Å². The Morgan fingerprint density at radius 2 is 1.85 bits per heavy atom. The number of hydrogen-bond acceptors (Lipinski definition) is 7. The average Bonchev–Trinajstić information content (AvgIpc) is 3.60. The van der Waals surface area contributed by atoms with Crippen molar-refractivity contribution in [1.82, 2.24) is 20.4 Å². The smallest absolute Gasteiger partial charge is 0.387 e. The maximum absolute atomic E-state index is 13.4. The van der Waals surface area contributed by atoms with Crippen molar-refractivity contribution in [2.24, 2.45) is 0 Å². The molecule has 0 unspecified atom stereocenters. The normalized spacial score (nSPS) is 14.0. The number of rotatable bonds is 8. The summed E-state index contributed by atoms with van der Waals surface area (Å²) >= 11 is 1.44. The molecule has 0 aliphatic carbocycles. The highest BCUT2D eigenvalue weighted by Gasteiger charge is 2.31. The number of aromatic nitrogens is 2. The summed E-state index contributed by atoms with van der Waals surface area (Å²) in [5.74, 6) is 0.299. The van der Waals surface area contributed by atoms with Crippen molar-refractivity contribution in [1.29, 1.82) is 0 Å². The number of nitrogens with zero attached hydrogens (tertiary/aromatic N) is 3. The summed E-state index contributed by atoms with van der Waals surface area (Å²) < 4.78 is 34.3. The monoisotopic (exact) mass is 552 g/mol. The third-order valence-corrected chi connectivity index (χ3v) is 7.62. The van der Waals surface area contributed by atoms with Crippen molar-refractivity contribution in [3.63, 3.8) is 0 Å². The largest absolute Gasteiger partial charge is 0.435 e. The lowest BCUT2D eigenvalue weighted by Gasteiger charge is -2.31. The summed E-state index contributed by atoms with van der Waals surface area (Å²) in [5, 5.41) is 9.53. The van der Waals surface area contributed by atoms with E-state index in [1.165, 1.54) is 23.5 Å². The lowest BCUT2D eigenvalue weighted by Crippen LogP contribution is -2.38. The van der Waals surface area contributed by atoms with Crippen LogP contribution in [0.4, 0.5) is 8.78 Å². The van der Waals surface area contributed by atoms with E-state index in [1.54, 1.807) is 24.4 Å². The Bertz CT molecular complexity index is 1430. The van der Waals surface area contributed by atoms with E-state index in [-0.39, 0.29) is 30.0 Å². The van der Waals surface area contributed by atoms with Crippen LogP contribution in [0, 0.1) is 6.92 Å². The molecule has 1 saturated heterocycles. The predicted molar refractivity (Wildman–Crippen MR) is 141 cm³/mol. The Labute approximate surface area is 227 Å². The number of halogens is 2. The van der Waals surface area contributed by atoms with E-state index >= 15 is 0 Å². The summed E-state index contributed by atoms with van der Waals surface area (Å²) in [7, 11) is 0. The SMILES string of the molecule is Cc1onc(-c2ccccc2)c1C(=O)N1CCC(c2nc(C(=O)NCc3ccc(OC(F)F)cc3)cs2)CC1. The molecule has 1 fully saturated rings. The van der Waals surface area contributed by atoms with Gasteiger partial charge in [-0.15, -0.1) is 11.3 Å². The Balaban J connectivity index is 1.16. The van der Waals surface area contributed by atoms with Gasteiger partial charge in [-0.05, 0) is 37.5 Å². The van der Waals surface area contributed by atoms with Gasteiger partial charge in [0.25, 0.3) is 11.8 Å². The van der Waals surface area contributed by atoms with E-state index in [9.17, 15) is 18.4 Å². The molecule has 0 spiro atoms. The van der Waals surface area contributed by atoms with Gasteiger partial charge in [-0.25, -0.2) is 4.98 Å². The Morgan fingerprint density at radius 1 is 1.13 bits per heavy atom. The summed E-state index contributed by atoms with van der Waals surface area (Å²) in [5.41, 5.74) is 2.95. The molecule has 0 bridgehead atoms. The van der Waals surface area contributed by atoms with Crippen LogP contribution in [0.2, 0.25) is 0 Å². The summed E-state index contributed by atoms with van der Waals surface area (Å²) in [6, 6.07) is 15.6. The third-order valence-electron chi connectivity index (χ3n) is 6.61. The molecule has 1 aliphatic heterocycles. The molecule has 202 valence electrons. The van der Waals surface area contributed by atoms with Gasteiger partial charge in [0, 0.05) is 36.5 Å². The van der Waals surface area contributed by atoms with Crippen LogP contribution in [0.1, 0.15) is 55.9 Å². The fourth-order valence-electron chi connectivity index (χ4n) is 4.55. The minimum atomic E-state index is -2.88. The standard InChI is InChI=1S/C28H26F2N4O4S/c1-17-23(24(33-38-17)19-5-3-2-4-6-19)27(36)34-13-11-20(12-14-34)26-32-22(16-39-26)25(35)31-15-18-7-9-21(10-8-18)37-28(29)30/h2-10,16,20,28H,11-15H2,1H3,(H,31,35). The van der Waals surface area contributed by atoms with E-state index in [1.807, 2.05) is 35.2 Å². The zero-order valence-electron chi connectivity index (χ0n) is 21.1. The van der Waals surface area contributed by atoms with Gasteiger partial charge >= 0.3 is 6.61 Å². The van der Waals surface area contributed by atoms with Gasteiger partial charge in [-0.1, -0.05) is 47.6 Å². The van der Waals surface area contributed by atoms with Crippen molar-refractivity contribution in [2.75, 3.05) is 13.1 Å². The Hall–Kier alpha value is -4.12. The quantitative estimate of drug-likeness (QED) is 0.303. The van der Waals surface area contributed by atoms with E-state index < -0.39 is 6.61 Å². The molecule has 0 saturated carbocycles.